The first kappa shape index (κ1) is 19.4. The Bertz CT molecular complexity index is 1020. The quantitative estimate of drug-likeness (QED) is 0.780. The average molecular weight is 403 g/mol. The van der Waals surface area contributed by atoms with E-state index in [1.165, 1.54) is 17.2 Å². The molecule has 0 N–H and O–H groups in total. The number of carbonyl (C=O) groups excluding carboxylic acids is 1. The lowest BCUT2D eigenvalue weighted by Crippen LogP contribution is -2.31. The average Bonchev–Trinajstić information content (AvgIpc) is 3.15. The molecule has 1 unspecified atom stereocenters. The Morgan fingerprint density at radius 2 is 1.93 bits per heavy atom. The maximum atomic E-state index is 13.1. The van der Waals surface area contributed by atoms with Crippen LogP contribution in [0.3, 0.4) is 0 Å². The highest BCUT2D eigenvalue weighted by Crippen LogP contribution is 2.50. The van der Waals surface area contributed by atoms with Gasteiger partial charge in [0, 0.05) is 41.8 Å². The molecule has 2 aromatic heterocycles. The highest BCUT2D eigenvalue weighted by atomic mass is 19.4. The molecule has 0 saturated carbocycles. The fraction of sp³-hybridized carbons (Fsp3) is 0.400. The molecule has 3 heterocycles. The Kier molecular flexibility index (Phi) is 4.36. The molecule has 0 spiro atoms. The SMILES string of the molecule is Cc1ncc(C2=CCC3C(=C2)N(c2ccn(CC(F)(F)F)n2)C(=O)C3(C)C)cn1. The Morgan fingerprint density at radius 3 is 2.59 bits per heavy atom. The number of fused-ring (bicyclic) bond motifs is 1. The number of anilines is 1. The van der Waals surface area contributed by atoms with Crippen molar-refractivity contribution < 1.29 is 18.0 Å². The fourth-order valence-electron chi connectivity index (χ4n) is 3.84. The number of aryl methyl sites for hydroxylation is 1. The molecule has 29 heavy (non-hydrogen) atoms. The predicted octanol–water partition coefficient (Wildman–Crippen LogP) is 3.90. The third-order valence-electron chi connectivity index (χ3n) is 5.43. The number of allylic oxidation sites excluding steroid dienone is 4. The van der Waals surface area contributed by atoms with Gasteiger partial charge in [-0.3, -0.25) is 14.4 Å². The zero-order chi connectivity index (χ0) is 21.0. The first-order valence-corrected chi connectivity index (χ1v) is 9.22. The van der Waals surface area contributed by atoms with E-state index in [1.807, 2.05) is 26.0 Å². The summed E-state index contributed by atoms with van der Waals surface area (Å²) in [6.07, 6.45) is 4.86. The molecule has 1 amide bonds. The summed E-state index contributed by atoms with van der Waals surface area (Å²) in [5.74, 6) is 0.589. The van der Waals surface area contributed by atoms with Crippen molar-refractivity contribution in [2.75, 3.05) is 4.90 Å². The second-order valence-electron chi connectivity index (χ2n) is 7.88. The van der Waals surface area contributed by atoms with Crippen LogP contribution in [0.4, 0.5) is 19.0 Å². The van der Waals surface area contributed by atoms with Gasteiger partial charge in [0.15, 0.2) is 5.82 Å². The largest absolute Gasteiger partial charge is 0.408 e. The Morgan fingerprint density at radius 1 is 1.24 bits per heavy atom. The number of amides is 1. The summed E-state index contributed by atoms with van der Waals surface area (Å²) in [4.78, 5) is 23.0. The van der Waals surface area contributed by atoms with E-state index in [9.17, 15) is 18.0 Å². The molecule has 0 radical (unpaired) electrons. The van der Waals surface area contributed by atoms with E-state index in [0.717, 1.165) is 21.5 Å². The van der Waals surface area contributed by atoms with Gasteiger partial charge in [0.2, 0.25) is 5.91 Å². The number of carbonyl (C=O) groups is 1. The maximum absolute atomic E-state index is 13.1. The topological polar surface area (TPSA) is 63.9 Å². The smallest absolute Gasteiger partial charge is 0.273 e. The molecule has 152 valence electrons. The maximum Gasteiger partial charge on any atom is 0.408 e. The van der Waals surface area contributed by atoms with E-state index in [-0.39, 0.29) is 17.6 Å². The van der Waals surface area contributed by atoms with E-state index >= 15 is 0 Å². The molecular weight excluding hydrogens is 383 g/mol. The van der Waals surface area contributed by atoms with Crippen LogP contribution in [0.25, 0.3) is 5.57 Å². The lowest BCUT2D eigenvalue weighted by molar-refractivity contribution is -0.142. The minimum absolute atomic E-state index is 0.0853. The second kappa shape index (κ2) is 6.53. The van der Waals surface area contributed by atoms with E-state index in [1.54, 1.807) is 19.3 Å². The first-order chi connectivity index (χ1) is 13.6. The van der Waals surface area contributed by atoms with Gasteiger partial charge < -0.3 is 0 Å². The molecule has 1 aliphatic heterocycles. The minimum atomic E-state index is -4.38. The van der Waals surface area contributed by atoms with Gasteiger partial charge in [-0.2, -0.15) is 18.3 Å². The van der Waals surface area contributed by atoms with Gasteiger partial charge in [-0.25, -0.2) is 9.97 Å². The highest BCUT2D eigenvalue weighted by molar-refractivity contribution is 6.04. The summed E-state index contributed by atoms with van der Waals surface area (Å²) in [5, 5.41) is 4.01. The second-order valence-corrected chi connectivity index (χ2v) is 7.88. The van der Waals surface area contributed by atoms with Crippen LogP contribution < -0.4 is 4.90 Å². The van der Waals surface area contributed by atoms with Gasteiger partial charge in [0.05, 0.1) is 5.41 Å². The number of alkyl halides is 3. The summed E-state index contributed by atoms with van der Waals surface area (Å²) >= 11 is 0. The van der Waals surface area contributed by atoms with Gasteiger partial charge in [0.25, 0.3) is 0 Å². The summed E-state index contributed by atoms with van der Waals surface area (Å²) in [6.45, 7) is 4.31. The zero-order valence-electron chi connectivity index (χ0n) is 16.2. The zero-order valence-corrected chi connectivity index (χ0v) is 16.2. The normalized spacial score (nSPS) is 21.1. The summed E-state index contributed by atoms with van der Waals surface area (Å²) in [5.41, 5.74) is 1.74. The van der Waals surface area contributed by atoms with Crippen LogP contribution in [0.5, 0.6) is 0 Å². The van der Waals surface area contributed by atoms with Gasteiger partial charge in [0.1, 0.15) is 12.4 Å². The molecule has 2 aromatic rings. The number of nitrogens with zero attached hydrogens (tertiary/aromatic N) is 5. The van der Waals surface area contributed by atoms with Crippen molar-refractivity contribution in [2.24, 2.45) is 11.3 Å². The van der Waals surface area contributed by atoms with E-state index in [2.05, 4.69) is 15.1 Å². The first-order valence-electron chi connectivity index (χ1n) is 9.22. The molecule has 0 bridgehead atoms. The van der Waals surface area contributed by atoms with Crippen LogP contribution in [0, 0.1) is 18.3 Å². The predicted molar refractivity (Wildman–Crippen MR) is 100 cm³/mol. The van der Waals surface area contributed by atoms with Gasteiger partial charge in [-0.05, 0) is 25.0 Å². The van der Waals surface area contributed by atoms with Gasteiger partial charge in [-0.15, -0.1) is 0 Å². The van der Waals surface area contributed by atoms with Crippen molar-refractivity contribution in [1.29, 1.82) is 0 Å². The van der Waals surface area contributed by atoms with Crippen LogP contribution in [-0.4, -0.2) is 31.8 Å². The van der Waals surface area contributed by atoms with Crippen LogP contribution in [0.15, 0.2) is 42.5 Å². The summed E-state index contributed by atoms with van der Waals surface area (Å²) < 4.78 is 38.9. The van der Waals surface area contributed by atoms with E-state index < -0.39 is 18.1 Å². The van der Waals surface area contributed by atoms with E-state index in [4.69, 9.17) is 0 Å². The molecule has 9 heteroatoms. The van der Waals surface area contributed by atoms with Crippen molar-refractivity contribution >= 4 is 17.3 Å². The third kappa shape index (κ3) is 3.45. The van der Waals surface area contributed by atoms with Crippen molar-refractivity contribution in [3.8, 4) is 0 Å². The molecule has 1 aliphatic carbocycles. The molecule has 4 rings (SSSR count). The number of rotatable bonds is 3. The van der Waals surface area contributed by atoms with Crippen LogP contribution in [0.2, 0.25) is 0 Å². The van der Waals surface area contributed by atoms with Gasteiger partial charge >= 0.3 is 6.18 Å². The van der Waals surface area contributed by atoms with Crippen LogP contribution in [-0.2, 0) is 11.3 Å². The Balaban J connectivity index is 1.72. The minimum Gasteiger partial charge on any atom is -0.273 e. The number of hydrogen-bond donors (Lipinski definition) is 0. The third-order valence-corrected chi connectivity index (χ3v) is 5.43. The van der Waals surface area contributed by atoms with Crippen molar-refractivity contribution in [3.63, 3.8) is 0 Å². The lowest BCUT2D eigenvalue weighted by atomic mass is 9.75. The molecule has 0 aromatic carbocycles. The lowest BCUT2D eigenvalue weighted by Gasteiger charge is -2.25. The molecule has 1 atom stereocenters. The Labute approximate surface area is 165 Å². The molecule has 6 nitrogen and oxygen atoms in total. The molecule has 2 aliphatic rings. The van der Waals surface area contributed by atoms with Crippen molar-refractivity contribution in [2.45, 2.75) is 39.9 Å². The number of aromatic nitrogens is 4. The van der Waals surface area contributed by atoms with E-state index in [0.29, 0.717) is 12.2 Å². The standard InChI is InChI=1S/C20H20F3N5O/c1-12-24-9-14(10-25-12)13-4-5-15-16(8-13)28(18(29)19(15,2)3)17-6-7-27(26-17)11-20(21,22)23/h4,6-10,15H,5,11H2,1-3H3. The van der Waals surface area contributed by atoms with Crippen molar-refractivity contribution in [1.82, 2.24) is 19.7 Å². The van der Waals surface area contributed by atoms with Crippen LogP contribution in [0.1, 0.15) is 31.7 Å². The summed E-state index contributed by atoms with van der Waals surface area (Å²) in [7, 11) is 0. The fourth-order valence-corrected chi connectivity index (χ4v) is 3.84. The number of hydrogen-bond acceptors (Lipinski definition) is 4. The molecule has 1 fully saturated rings. The molecule has 1 saturated heterocycles. The highest BCUT2D eigenvalue weighted by Gasteiger charge is 2.52. The number of halogens is 3. The monoisotopic (exact) mass is 403 g/mol. The van der Waals surface area contributed by atoms with Crippen molar-refractivity contribution in [3.05, 3.63) is 53.9 Å². The van der Waals surface area contributed by atoms with Gasteiger partial charge in [-0.1, -0.05) is 19.9 Å². The molecular formula is C20H20F3N5O. The Hall–Kier alpha value is -2.97. The summed E-state index contributed by atoms with van der Waals surface area (Å²) in [6, 6.07) is 1.44. The van der Waals surface area contributed by atoms with Crippen LogP contribution >= 0.6 is 0 Å².